The SMILES string of the molecule is CCCCc1ccc(OCC(/C(N)=N/O)C(F)(F)F)cc1. The van der Waals surface area contributed by atoms with Gasteiger partial charge in [0.1, 0.15) is 18.3 Å². The maximum atomic E-state index is 12.7. The van der Waals surface area contributed by atoms with Crippen LogP contribution in [0.1, 0.15) is 25.3 Å². The van der Waals surface area contributed by atoms with Crippen molar-refractivity contribution in [2.45, 2.75) is 32.4 Å². The number of hydrogen-bond acceptors (Lipinski definition) is 3. The number of aryl methyl sites for hydroxylation is 1. The summed E-state index contributed by atoms with van der Waals surface area (Å²) >= 11 is 0. The molecule has 118 valence electrons. The average molecular weight is 304 g/mol. The number of amidine groups is 1. The number of rotatable bonds is 7. The van der Waals surface area contributed by atoms with E-state index in [1.165, 1.54) is 0 Å². The number of nitrogens with zero attached hydrogens (tertiary/aromatic N) is 1. The van der Waals surface area contributed by atoms with Gasteiger partial charge in [0.15, 0.2) is 5.84 Å². The van der Waals surface area contributed by atoms with Crippen LogP contribution < -0.4 is 10.5 Å². The van der Waals surface area contributed by atoms with Crippen molar-refractivity contribution in [3.05, 3.63) is 29.8 Å². The second-order valence-electron chi connectivity index (χ2n) is 4.68. The molecule has 3 N–H and O–H groups in total. The van der Waals surface area contributed by atoms with Crippen LogP contribution in [0.4, 0.5) is 13.2 Å². The zero-order valence-corrected chi connectivity index (χ0v) is 11.7. The molecule has 1 rings (SSSR count). The Morgan fingerprint density at radius 3 is 2.43 bits per heavy atom. The van der Waals surface area contributed by atoms with E-state index in [9.17, 15) is 13.2 Å². The summed E-state index contributed by atoms with van der Waals surface area (Å²) in [5.41, 5.74) is 6.15. The lowest BCUT2D eigenvalue weighted by Crippen LogP contribution is -2.40. The first-order valence-corrected chi connectivity index (χ1v) is 6.64. The van der Waals surface area contributed by atoms with Crippen molar-refractivity contribution in [1.82, 2.24) is 0 Å². The van der Waals surface area contributed by atoms with Crippen LogP contribution in [0.2, 0.25) is 0 Å². The number of nitrogens with two attached hydrogens (primary N) is 1. The van der Waals surface area contributed by atoms with Gasteiger partial charge < -0.3 is 15.7 Å². The predicted octanol–water partition coefficient (Wildman–Crippen LogP) is 3.33. The zero-order valence-electron chi connectivity index (χ0n) is 11.7. The van der Waals surface area contributed by atoms with E-state index in [0.717, 1.165) is 24.8 Å². The number of unbranched alkanes of at least 4 members (excludes halogenated alkanes) is 1. The number of halogens is 3. The molecule has 1 aromatic rings. The third-order valence-electron chi connectivity index (χ3n) is 3.03. The number of ether oxygens (including phenoxy) is 1. The first kappa shape index (κ1) is 17.1. The van der Waals surface area contributed by atoms with Crippen molar-refractivity contribution in [1.29, 1.82) is 0 Å². The molecule has 0 fully saturated rings. The van der Waals surface area contributed by atoms with Gasteiger partial charge in [-0.05, 0) is 30.5 Å². The Bertz CT molecular complexity index is 458. The molecule has 0 spiro atoms. The van der Waals surface area contributed by atoms with Gasteiger partial charge in [0, 0.05) is 0 Å². The Kier molecular flexibility index (Phi) is 6.33. The summed E-state index contributed by atoms with van der Waals surface area (Å²) < 4.78 is 43.2. The van der Waals surface area contributed by atoms with Crippen LogP contribution in [-0.2, 0) is 6.42 Å². The van der Waals surface area contributed by atoms with Crippen LogP contribution in [0, 0.1) is 5.92 Å². The van der Waals surface area contributed by atoms with Crippen LogP contribution in [-0.4, -0.2) is 23.8 Å². The first-order chi connectivity index (χ1) is 9.88. The normalized spacial score (nSPS) is 14.0. The summed E-state index contributed by atoms with van der Waals surface area (Å²) in [5, 5.41) is 10.8. The maximum Gasteiger partial charge on any atom is 0.402 e. The lowest BCUT2D eigenvalue weighted by atomic mass is 10.1. The highest BCUT2D eigenvalue weighted by molar-refractivity contribution is 5.83. The van der Waals surface area contributed by atoms with Gasteiger partial charge in [0.2, 0.25) is 0 Å². The smallest absolute Gasteiger partial charge is 0.402 e. The molecule has 0 aliphatic rings. The summed E-state index contributed by atoms with van der Waals surface area (Å²) in [4.78, 5) is 0. The molecule has 0 saturated carbocycles. The van der Waals surface area contributed by atoms with E-state index < -0.39 is 24.5 Å². The molecule has 0 heterocycles. The van der Waals surface area contributed by atoms with Crippen molar-refractivity contribution in [2.75, 3.05) is 6.61 Å². The molecular formula is C14H19F3N2O2. The molecule has 0 aliphatic heterocycles. The number of hydrogen-bond donors (Lipinski definition) is 2. The number of alkyl halides is 3. The first-order valence-electron chi connectivity index (χ1n) is 6.64. The number of oxime groups is 1. The zero-order chi connectivity index (χ0) is 15.9. The van der Waals surface area contributed by atoms with Gasteiger partial charge >= 0.3 is 6.18 Å². The van der Waals surface area contributed by atoms with E-state index in [1.807, 2.05) is 12.1 Å². The van der Waals surface area contributed by atoms with Crippen molar-refractivity contribution in [3.63, 3.8) is 0 Å². The highest BCUT2D eigenvalue weighted by atomic mass is 19.4. The Balaban J connectivity index is 2.64. The van der Waals surface area contributed by atoms with E-state index in [4.69, 9.17) is 15.7 Å². The molecule has 0 saturated heterocycles. The molecular weight excluding hydrogens is 285 g/mol. The molecule has 0 amide bonds. The van der Waals surface area contributed by atoms with Gasteiger partial charge in [0.25, 0.3) is 0 Å². The van der Waals surface area contributed by atoms with Gasteiger partial charge in [-0.3, -0.25) is 0 Å². The molecule has 1 aromatic carbocycles. The minimum absolute atomic E-state index is 0.315. The summed E-state index contributed by atoms with van der Waals surface area (Å²) in [6.07, 6.45) is -1.57. The largest absolute Gasteiger partial charge is 0.492 e. The van der Waals surface area contributed by atoms with E-state index >= 15 is 0 Å². The molecule has 7 heteroatoms. The van der Waals surface area contributed by atoms with Gasteiger partial charge in [-0.25, -0.2) is 0 Å². The molecule has 0 aliphatic carbocycles. The lowest BCUT2D eigenvalue weighted by molar-refractivity contribution is -0.162. The quantitative estimate of drug-likeness (QED) is 0.351. The molecule has 0 radical (unpaired) electrons. The Labute approximate surface area is 121 Å². The fourth-order valence-corrected chi connectivity index (χ4v) is 1.73. The summed E-state index contributed by atoms with van der Waals surface area (Å²) in [5.74, 6) is -2.74. The van der Waals surface area contributed by atoms with E-state index in [1.54, 1.807) is 12.1 Å². The predicted molar refractivity (Wildman–Crippen MR) is 73.5 cm³/mol. The minimum Gasteiger partial charge on any atom is -0.492 e. The molecule has 0 aromatic heterocycles. The summed E-state index contributed by atoms with van der Waals surface area (Å²) in [7, 11) is 0. The van der Waals surface area contributed by atoms with E-state index in [-0.39, 0.29) is 0 Å². The summed E-state index contributed by atoms with van der Waals surface area (Å²) in [6.45, 7) is 1.36. The molecule has 1 unspecified atom stereocenters. The van der Waals surface area contributed by atoms with Crippen molar-refractivity contribution in [3.8, 4) is 5.75 Å². The number of benzene rings is 1. The minimum atomic E-state index is -4.63. The maximum absolute atomic E-state index is 12.7. The topological polar surface area (TPSA) is 67.8 Å². The van der Waals surface area contributed by atoms with Crippen LogP contribution in [0.3, 0.4) is 0 Å². The van der Waals surface area contributed by atoms with Crippen LogP contribution >= 0.6 is 0 Å². The standard InChI is InChI=1S/C14H19F3N2O2/c1-2-3-4-10-5-7-11(8-6-10)21-9-12(13(18)19-20)14(15,16)17/h5-8,12,20H,2-4,9H2,1H3,(H2,18,19). The second-order valence-corrected chi connectivity index (χ2v) is 4.68. The van der Waals surface area contributed by atoms with Gasteiger partial charge in [-0.15, -0.1) is 0 Å². The van der Waals surface area contributed by atoms with Crippen LogP contribution in [0.5, 0.6) is 5.75 Å². The third-order valence-corrected chi connectivity index (χ3v) is 3.03. The monoisotopic (exact) mass is 304 g/mol. The van der Waals surface area contributed by atoms with Crippen LogP contribution in [0.15, 0.2) is 29.4 Å². The molecule has 4 nitrogen and oxygen atoms in total. The molecule has 0 bridgehead atoms. The van der Waals surface area contributed by atoms with Gasteiger partial charge in [-0.2, -0.15) is 13.2 Å². The Morgan fingerprint density at radius 1 is 1.33 bits per heavy atom. The fraction of sp³-hybridized carbons (Fsp3) is 0.500. The van der Waals surface area contributed by atoms with Crippen LogP contribution in [0.25, 0.3) is 0 Å². The second kappa shape index (κ2) is 7.75. The fourth-order valence-electron chi connectivity index (χ4n) is 1.73. The highest BCUT2D eigenvalue weighted by Crippen LogP contribution is 2.27. The van der Waals surface area contributed by atoms with Gasteiger partial charge in [0.05, 0.1) is 0 Å². The Morgan fingerprint density at radius 2 is 1.95 bits per heavy atom. The molecule has 21 heavy (non-hydrogen) atoms. The third kappa shape index (κ3) is 5.53. The Hall–Kier alpha value is -1.92. The van der Waals surface area contributed by atoms with Crippen molar-refractivity contribution in [2.24, 2.45) is 16.8 Å². The van der Waals surface area contributed by atoms with Crippen molar-refractivity contribution >= 4 is 5.84 Å². The van der Waals surface area contributed by atoms with Crippen molar-refractivity contribution < 1.29 is 23.1 Å². The van der Waals surface area contributed by atoms with E-state index in [2.05, 4.69) is 12.1 Å². The lowest BCUT2D eigenvalue weighted by Gasteiger charge is -2.19. The van der Waals surface area contributed by atoms with Gasteiger partial charge in [-0.1, -0.05) is 30.6 Å². The van der Waals surface area contributed by atoms with E-state index in [0.29, 0.717) is 5.75 Å². The highest BCUT2D eigenvalue weighted by Gasteiger charge is 2.43. The average Bonchev–Trinajstić information content (AvgIpc) is 2.44. The molecule has 1 atom stereocenters. The summed E-state index contributed by atoms with van der Waals surface area (Å²) in [6, 6.07) is 6.86.